The van der Waals surface area contributed by atoms with Gasteiger partial charge in [-0.25, -0.2) is 4.68 Å². The maximum Gasteiger partial charge on any atom is 0.227 e. The molecule has 2 heterocycles. The number of nitrogens with zero attached hydrogens (tertiary/aromatic N) is 4. The molecule has 11 heteroatoms. The summed E-state index contributed by atoms with van der Waals surface area (Å²) in [7, 11) is 1.90. The highest BCUT2D eigenvalue weighted by atomic mass is 16.5. The van der Waals surface area contributed by atoms with E-state index in [1.54, 1.807) is 4.90 Å². The lowest BCUT2D eigenvalue weighted by Gasteiger charge is -2.30. The zero-order valence-corrected chi connectivity index (χ0v) is 30.3. The molecule has 11 nitrogen and oxygen atoms in total. The Hall–Kier alpha value is -3.93. The first kappa shape index (κ1) is 37.9. The highest BCUT2D eigenvalue weighted by Gasteiger charge is 2.31. The Morgan fingerprint density at radius 1 is 0.939 bits per heavy atom. The van der Waals surface area contributed by atoms with E-state index in [2.05, 4.69) is 27.0 Å². The topological polar surface area (TPSA) is 128 Å². The molecular weight excluding hydrogens is 620 g/mol. The van der Waals surface area contributed by atoms with Crippen molar-refractivity contribution in [2.24, 2.45) is 11.3 Å². The van der Waals surface area contributed by atoms with Gasteiger partial charge in [0.1, 0.15) is 11.5 Å². The molecule has 0 bridgehead atoms. The van der Waals surface area contributed by atoms with Gasteiger partial charge in [-0.1, -0.05) is 75.4 Å². The minimum absolute atomic E-state index is 0.0332. The lowest BCUT2D eigenvalue weighted by Crippen LogP contribution is -2.42. The number of Topliss-reactive ketones (excluding diaryl/α,β-unsaturated/α-hetero) is 1. The molecule has 2 amide bonds. The quantitative estimate of drug-likeness (QED) is 0.171. The van der Waals surface area contributed by atoms with E-state index >= 15 is 0 Å². The minimum Gasteiger partial charge on any atom is -0.380 e. The van der Waals surface area contributed by atoms with Crippen molar-refractivity contribution >= 4 is 23.3 Å². The predicted molar refractivity (Wildman–Crippen MR) is 192 cm³/mol. The summed E-state index contributed by atoms with van der Waals surface area (Å²) in [5, 5.41) is 15.2. The summed E-state index contributed by atoms with van der Waals surface area (Å²) >= 11 is 0. The van der Waals surface area contributed by atoms with E-state index in [9.17, 15) is 14.4 Å². The van der Waals surface area contributed by atoms with Crippen LogP contribution in [0.3, 0.4) is 0 Å². The number of rotatable bonds is 18. The minimum atomic E-state index is -0.628. The fourth-order valence-electron chi connectivity index (χ4n) is 6.08. The number of para-hydroxylation sites is 1. The second kappa shape index (κ2) is 17.1. The van der Waals surface area contributed by atoms with E-state index < -0.39 is 11.0 Å². The van der Waals surface area contributed by atoms with Gasteiger partial charge in [0, 0.05) is 68.1 Å². The Morgan fingerprint density at radius 2 is 1.65 bits per heavy atom. The Morgan fingerprint density at radius 3 is 2.39 bits per heavy atom. The number of ketones is 1. The lowest BCUT2D eigenvalue weighted by molar-refractivity contribution is -0.132. The van der Waals surface area contributed by atoms with E-state index in [1.807, 2.05) is 95.7 Å². The molecule has 0 aliphatic carbocycles. The number of aromatic nitrogens is 3. The molecule has 0 saturated heterocycles. The Balaban J connectivity index is 1.42. The van der Waals surface area contributed by atoms with E-state index in [1.165, 1.54) is 0 Å². The van der Waals surface area contributed by atoms with Gasteiger partial charge in [-0.2, -0.15) is 0 Å². The molecule has 0 unspecified atom stereocenters. The SMILES string of the molecule is CNCCOCCCn1nnc2c1-c1ccccc1CN(C(=O)CCC(=O)NCC(C)(C)OCCC(C)(C)C(=O)C(C)C)c1ccccc1-2. The van der Waals surface area contributed by atoms with Crippen molar-refractivity contribution in [1.29, 1.82) is 0 Å². The van der Waals surface area contributed by atoms with Gasteiger partial charge in [-0.05, 0) is 45.4 Å². The fourth-order valence-corrected chi connectivity index (χ4v) is 6.08. The van der Waals surface area contributed by atoms with Gasteiger partial charge in [0.25, 0.3) is 0 Å². The molecule has 4 rings (SSSR count). The number of anilines is 1. The maximum atomic E-state index is 13.9. The van der Waals surface area contributed by atoms with E-state index in [4.69, 9.17) is 9.47 Å². The fraction of sp³-hybridized carbons (Fsp3) is 0.553. The molecule has 2 aromatic carbocycles. The van der Waals surface area contributed by atoms with Gasteiger partial charge in [0.2, 0.25) is 11.8 Å². The molecule has 1 aromatic heterocycles. The number of ether oxygens (including phenoxy) is 2. The summed E-state index contributed by atoms with van der Waals surface area (Å²) in [6, 6.07) is 15.8. The molecular formula is C38H54N6O5. The summed E-state index contributed by atoms with van der Waals surface area (Å²) in [6.45, 7) is 15.3. The highest BCUT2D eigenvalue weighted by molar-refractivity contribution is 6.01. The number of fused-ring (bicyclic) bond motifs is 5. The van der Waals surface area contributed by atoms with Crippen LogP contribution in [-0.4, -0.2) is 78.2 Å². The normalized spacial score (nSPS) is 12.9. The predicted octanol–water partition coefficient (Wildman–Crippen LogP) is 5.42. The highest BCUT2D eigenvalue weighted by Crippen LogP contribution is 2.41. The smallest absolute Gasteiger partial charge is 0.227 e. The number of benzene rings is 2. The third-order valence-electron chi connectivity index (χ3n) is 8.93. The number of amides is 2. The number of likely N-dealkylation sites (N-methyl/N-ethyl adjacent to an activating group) is 1. The Bertz CT molecular complexity index is 1580. The first-order valence-electron chi connectivity index (χ1n) is 17.4. The monoisotopic (exact) mass is 674 g/mol. The van der Waals surface area contributed by atoms with Crippen molar-refractivity contribution < 1.29 is 23.9 Å². The maximum absolute atomic E-state index is 13.9. The molecule has 0 atom stereocenters. The molecule has 0 fully saturated rings. The molecule has 3 aromatic rings. The van der Waals surface area contributed by atoms with Crippen LogP contribution in [0.15, 0.2) is 48.5 Å². The Kier molecular flexibility index (Phi) is 13.2. The summed E-state index contributed by atoms with van der Waals surface area (Å²) in [5.41, 5.74) is 4.04. The first-order valence-corrected chi connectivity index (χ1v) is 17.4. The zero-order chi connectivity index (χ0) is 35.6. The third kappa shape index (κ3) is 10.1. The van der Waals surface area contributed by atoms with Crippen molar-refractivity contribution in [3.63, 3.8) is 0 Å². The summed E-state index contributed by atoms with van der Waals surface area (Å²) in [6.07, 6.45) is 1.47. The number of carbonyl (C=O) groups is 3. The van der Waals surface area contributed by atoms with Crippen LogP contribution in [0.5, 0.6) is 0 Å². The van der Waals surface area contributed by atoms with E-state index in [0.29, 0.717) is 51.6 Å². The second-order valence-electron chi connectivity index (χ2n) is 14.3. The number of aryl methyl sites for hydroxylation is 1. The van der Waals surface area contributed by atoms with Crippen molar-refractivity contribution in [3.05, 3.63) is 54.1 Å². The molecule has 1 aliphatic rings. The standard InChI is InChI=1S/C38H54N6O5/c1-27(2)36(47)37(3,4)19-23-49-38(5,6)26-40-32(45)17-18-33(46)43-25-28-13-8-9-14-29(28)35-34(30-15-10-11-16-31(30)43)41-42-44(35)21-12-22-48-24-20-39-7/h8-11,13-16,27,39H,12,17-26H2,1-7H3,(H,40,45). The van der Waals surface area contributed by atoms with Gasteiger partial charge in [-0.3, -0.25) is 14.4 Å². The molecule has 2 N–H and O–H groups in total. The van der Waals surface area contributed by atoms with Crippen LogP contribution in [0, 0.1) is 11.3 Å². The van der Waals surface area contributed by atoms with Crippen LogP contribution in [0.1, 0.15) is 72.8 Å². The number of hydrogen-bond donors (Lipinski definition) is 2. The van der Waals surface area contributed by atoms with Gasteiger partial charge in [-0.15, -0.1) is 5.10 Å². The van der Waals surface area contributed by atoms with Crippen LogP contribution in [0.2, 0.25) is 0 Å². The second-order valence-corrected chi connectivity index (χ2v) is 14.3. The third-order valence-corrected chi connectivity index (χ3v) is 8.93. The molecule has 0 saturated carbocycles. The summed E-state index contributed by atoms with van der Waals surface area (Å²) < 4.78 is 13.7. The van der Waals surface area contributed by atoms with Crippen molar-refractivity contribution in [2.45, 2.75) is 85.9 Å². The zero-order valence-electron chi connectivity index (χ0n) is 30.3. The van der Waals surface area contributed by atoms with Crippen LogP contribution in [0.4, 0.5) is 5.69 Å². The molecule has 49 heavy (non-hydrogen) atoms. The first-order chi connectivity index (χ1) is 23.3. The molecule has 266 valence electrons. The molecule has 0 radical (unpaired) electrons. The van der Waals surface area contributed by atoms with E-state index in [0.717, 1.165) is 41.0 Å². The lowest BCUT2D eigenvalue weighted by atomic mass is 9.80. The van der Waals surface area contributed by atoms with Gasteiger partial charge in [0.15, 0.2) is 0 Å². The van der Waals surface area contributed by atoms with Crippen LogP contribution in [-0.2, 0) is 36.9 Å². The van der Waals surface area contributed by atoms with E-state index in [-0.39, 0.29) is 36.4 Å². The molecule has 1 aliphatic heterocycles. The largest absolute Gasteiger partial charge is 0.380 e. The Labute approximate surface area is 291 Å². The van der Waals surface area contributed by atoms with Gasteiger partial charge < -0.3 is 25.0 Å². The van der Waals surface area contributed by atoms with Crippen molar-refractivity contribution in [2.75, 3.05) is 44.9 Å². The van der Waals surface area contributed by atoms with Gasteiger partial charge >= 0.3 is 0 Å². The van der Waals surface area contributed by atoms with Gasteiger partial charge in [0.05, 0.1) is 30.1 Å². The summed E-state index contributed by atoms with van der Waals surface area (Å²) in [5.74, 6) is -0.197. The van der Waals surface area contributed by atoms with Crippen molar-refractivity contribution in [1.82, 2.24) is 25.6 Å². The van der Waals surface area contributed by atoms with Crippen LogP contribution in [0.25, 0.3) is 22.5 Å². The van der Waals surface area contributed by atoms with Crippen molar-refractivity contribution in [3.8, 4) is 22.5 Å². The number of hydrogen-bond acceptors (Lipinski definition) is 8. The van der Waals surface area contributed by atoms with Crippen LogP contribution < -0.4 is 15.5 Å². The number of nitrogens with one attached hydrogen (secondary N) is 2. The average molecular weight is 675 g/mol. The van der Waals surface area contributed by atoms with Crippen LogP contribution >= 0.6 is 0 Å². The summed E-state index contributed by atoms with van der Waals surface area (Å²) in [4.78, 5) is 41.1. The number of carbonyl (C=O) groups excluding carboxylic acids is 3. The average Bonchev–Trinajstić information content (AvgIpc) is 3.48. The molecule has 0 spiro atoms.